The van der Waals surface area contributed by atoms with Gasteiger partial charge >= 0.3 is 0 Å². The molecule has 0 saturated carbocycles. The summed E-state index contributed by atoms with van der Waals surface area (Å²) in [4.78, 5) is 8.84. The van der Waals surface area contributed by atoms with Crippen LogP contribution in [0, 0.1) is 10.8 Å². The van der Waals surface area contributed by atoms with Gasteiger partial charge in [0.15, 0.2) is 0 Å². The molecule has 0 aromatic rings. The number of rotatable bonds is 32. The summed E-state index contributed by atoms with van der Waals surface area (Å²) < 4.78 is 103. The van der Waals surface area contributed by atoms with Crippen LogP contribution in [0.1, 0.15) is 53.9 Å². The van der Waals surface area contributed by atoms with Crippen molar-refractivity contribution < 1.29 is 85.2 Å². The van der Waals surface area contributed by atoms with E-state index in [4.69, 9.17) is 61.3 Å². The Balaban J connectivity index is 0.000000233. The summed E-state index contributed by atoms with van der Waals surface area (Å²) in [5, 5.41) is 20.1. The quantitative estimate of drug-likeness (QED) is 0.0443. The molecule has 0 aliphatic carbocycles. The number of ether oxygens (including phenoxy) is 10. The van der Waals surface area contributed by atoms with Crippen LogP contribution in [0.4, 0.5) is 0 Å². The summed E-state index contributed by atoms with van der Waals surface area (Å²) in [6.07, 6.45) is 7.78. The fourth-order valence-corrected chi connectivity index (χ4v) is 13.5. The Morgan fingerprint density at radius 3 is 1.36 bits per heavy atom. The first-order valence-corrected chi connectivity index (χ1v) is 29.4. The van der Waals surface area contributed by atoms with Crippen molar-refractivity contribution in [1.82, 2.24) is 0 Å². The monoisotopic (exact) mass is 1000 g/mol. The standard InChI is InChI=1S/C25H44O10P2.C15H26O6.C5H9O2P/c1-4-25(19-32-13-24-14-33-24,17-30-10-22(27)11-34-36(28)7-5-20(2)15-36)18-31-12-23(9-26)35-37(29)8-6-21(3)16-37;1-2-15(9-16-3-12-6-19-12,10-17-4-13-7-20-13)11-18-5-14-8-21-14;1-5-2-3-8(6,7)4-5/h5-6,22-24,26-27H,4,7-19H2,1-3H3;12-14H,2-11H2,1H3;4H,2-3H2,1H3,(H,6,7). The van der Waals surface area contributed by atoms with Crippen LogP contribution >= 0.6 is 22.1 Å². The summed E-state index contributed by atoms with van der Waals surface area (Å²) in [5.74, 6) is 1.49. The highest BCUT2D eigenvalue weighted by atomic mass is 31.2. The minimum absolute atomic E-state index is 0.0256. The lowest BCUT2D eigenvalue weighted by Crippen LogP contribution is -2.39. The minimum atomic E-state index is -2.82. The lowest BCUT2D eigenvalue weighted by molar-refractivity contribution is -0.0962. The molecule has 21 heteroatoms. The number of allylic oxidation sites excluding steroid dienone is 5. The summed E-state index contributed by atoms with van der Waals surface area (Å²) in [5.41, 5.74) is 2.53. The second kappa shape index (κ2) is 27.2. The molecule has 0 radical (unpaired) electrons. The minimum Gasteiger partial charge on any atom is -0.394 e. The molecule has 3 N–H and O–H groups in total. The largest absolute Gasteiger partial charge is 0.394 e. The smallest absolute Gasteiger partial charge is 0.222 e. The number of aliphatic hydroxyl groups excluding tert-OH is 2. The molecule has 7 heterocycles. The maximum absolute atomic E-state index is 12.9. The molecule has 10 unspecified atom stereocenters. The second-order valence-electron chi connectivity index (χ2n) is 19.1. The van der Waals surface area contributed by atoms with E-state index >= 15 is 0 Å². The zero-order chi connectivity index (χ0) is 47.7. The Morgan fingerprint density at radius 2 is 1.05 bits per heavy atom. The molecule has 0 aromatic carbocycles. The van der Waals surface area contributed by atoms with Gasteiger partial charge in [0.25, 0.3) is 0 Å². The van der Waals surface area contributed by atoms with Gasteiger partial charge in [-0.05, 0) is 45.9 Å². The van der Waals surface area contributed by atoms with Crippen molar-refractivity contribution >= 4 is 22.1 Å². The maximum atomic E-state index is 12.9. The Morgan fingerprint density at radius 1 is 0.636 bits per heavy atom. The van der Waals surface area contributed by atoms with E-state index in [2.05, 4.69) is 6.92 Å². The van der Waals surface area contributed by atoms with E-state index in [1.54, 1.807) is 0 Å². The highest BCUT2D eigenvalue weighted by Gasteiger charge is 2.37. The van der Waals surface area contributed by atoms with Gasteiger partial charge < -0.3 is 71.5 Å². The second-order valence-corrected chi connectivity index (χ2v) is 26.4. The fraction of sp³-hybridized carbons (Fsp3) is 0.867. The summed E-state index contributed by atoms with van der Waals surface area (Å²) in [6, 6.07) is 0. The summed E-state index contributed by atoms with van der Waals surface area (Å²) in [6.45, 7) is 18.1. The van der Waals surface area contributed by atoms with Gasteiger partial charge in [0.05, 0.1) is 119 Å². The first kappa shape index (κ1) is 56.2. The number of epoxide rings is 4. The van der Waals surface area contributed by atoms with Crippen molar-refractivity contribution in [1.29, 1.82) is 0 Å². The molecule has 382 valence electrons. The van der Waals surface area contributed by atoms with E-state index < -0.39 is 39.7 Å². The zero-order valence-electron chi connectivity index (χ0n) is 39.9. The molecule has 10 atom stereocenters. The van der Waals surface area contributed by atoms with Crippen molar-refractivity contribution in [3.05, 3.63) is 34.7 Å². The lowest BCUT2D eigenvalue weighted by Gasteiger charge is -2.33. The average Bonchev–Trinajstić information content (AvgIpc) is 4.06. The van der Waals surface area contributed by atoms with Crippen LogP contribution in [0.25, 0.3) is 0 Å². The fourth-order valence-electron chi connectivity index (χ4n) is 7.22. The topological polar surface area (TPSA) is 236 Å². The third-order valence-electron chi connectivity index (χ3n) is 12.1. The van der Waals surface area contributed by atoms with Crippen molar-refractivity contribution in [3.63, 3.8) is 0 Å². The third kappa shape index (κ3) is 22.2. The molecular formula is C45H79O18P3. The predicted octanol–water partition coefficient (Wildman–Crippen LogP) is 5.26. The molecule has 0 amide bonds. The lowest BCUT2D eigenvalue weighted by atomic mass is 9.88. The van der Waals surface area contributed by atoms with Gasteiger partial charge in [-0.1, -0.05) is 42.7 Å². The molecule has 18 nitrogen and oxygen atoms in total. The molecule has 4 saturated heterocycles. The van der Waals surface area contributed by atoms with E-state index in [0.29, 0.717) is 115 Å². The van der Waals surface area contributed by atoms with Crippen LogP contribution < -0.4 is 0 Å². The highest BCUT2D eigenvalue weighted by molar-refractivity contribution is 7.61. The van der Waals surface area contributed by atoms with Crippen LogP contribution in [-0.2, 0) is 70.1 Å². The van der Waals surface area contributed by atoms with Crippen molar-refractivity contribution in [2.75, 3.05) is 150 Å². The van der Waals surface area contributed by atoms with Gasteiger partial charge in [0.2, 0.25) is 22.1 Å². The molecule has 0 aromatic heterocycles. The highest BCUT2D eigenvalue weighted by Crippen LogP contribution is 2.54. The predicted molar refractivity (Wildman–Crippen MR) is 249 cm³/mol. The molecule has 0 bridgehead atoms. The molecule has 7 aliphatic rings. The van der Waals surface area contributed by atoms with Crippen molar-refractivity contribution in [2.24, 2.45) is 10.8 Å². The van der Waals surface area contributed by atoms with E-state index in [-0.39, 0.29) is 51.2 Å². The molecule has 0 spiro atoms. The summed E-state index contributed by atoms with van der Waals surface area (Å²) in [7, 11) is -8.31. The van der Waals surface area contributed by atoms with Crippen LogP contribution in [0.15, 0.2) is 34.7 Å². The Labute approximate surface area is 392 Å². The van der Waals surface area contributed by atoms with E-state index in [0.717, 1.165) is 49.4 Å². The molecule has 66 heavy (non-hydrogen) atoms. The van der Waals surface area contributed by atoms with Crippen LogP contribution in [0.5, 0.6) is 0 Å². The Kier molecular flexibility index (Phi) is 23.2. The van der Waals surface area contributed by atoms with Crippen molar-refractivity contribution in [2.45, 2.75) is 90.5 Å². The normalized spacial score (nSPS) is 32.1. The Bertz CT molecular complexity index is 1660. The average molecular weight is 1000 g/mol. The molecule has 7 rings (SSSR count). The van der Waals surface area contributed by atoms with Crippen LogP contribution in [-0.4, -0.2) is 201 Å². The van der Waals surface area contributed by atoms with Crippen LogP contribution in [0.3, 0.4) is 0 Å². The van der Waals surface area contributed by atoms with Crippen molar-refractivity contribution in [3.8, 4) is 0 Å². The zero-order valence-corrected chi connectivity index (χ0v) is 42.6. The maximum Gasteiger partial charge on any atom is 0.222 e. The molecule has 4 fully saturated rings. The van der Waals surface area contributed by atoms with Gasteiger partial charge in [-0.25, -0.2) is 0 Å². The van der Waals surface area contributed by atoms with Gasteiger partial charge in [-0.15, -0.1) is 0 Å². The number of hydrogen-bond donors (Lipinski definition) is 3. The summed E-state index contributed by atoms with van der Waals surface area (Å²) >= 11 is 0. The van der Waals surface area contributed by atoms with Gasteiger partial charge in [-0.2, -0.15) is 0 Å². The van der Waals surface area contributed by atoms with Gasteiger partial charge in [0, 0.05) is 41.6 Å². The SMILES string of the molecule is CC1=CP(=O)(O)CC1.CCC(COCC(O)COP1(=O)CC=C(C)C1)(COCC1CO1)COCC(CO)OP1(=O)CC=C(C)C1.CCC(COCC1CO1)(COCC1CO1)COCC1CO1. The number of aliphatic hydroxyl groups is 2. The first-order valence-electron chi connectivity index (χ1n) is 23.5. The third-order valence-corrected chi connectivity index (χ3v) is 18.5. The van der Waals surface area contributed by atoms with Crippen LogP contribution in [0.2, 0.25) is 0 Å². The van der Waals surface area contributed by atoms with E-state index in [1.807, 2.05) is 39.8 Å². The molecule has 7 aliphatic heterocycles. The Hall–Kier alpha value is -0.690. The van der Waals surface area contributed by atoms with Gasteiger partial charge in [0.1, 0.15) is 36.6 Å². The first-order chi connectivity index (χ1) is 31.5. The van der Waals surface area contributed by atoms with E-state index in [9.17, 15) is 23.9 Å². The van der Waals surface area contributed by atoms with E-state index in [1.165, 1.54) is 5.82 Å². The van der Waals surface area contributed by atoms with Gasteiger partial charge in [-0.3, -0.25) is 13.7 Å². The molecular weight excluding hydrogens is 921 g/mol. The number of hydrogen-bond acceptors (Lipinski definition) is 17.